The van der Waals surface area contributed by atoms with Crippen LogP contribution in [0.2, 0.25) is 0 Å². The van der Waals surface area contributed by atoms with Gasteiger partial charge in [0.05, 0.1) is 6.54 Å². The number of para-hydroxylation sites is 1. The fraction of sp³-hybridized carbons (Fsp3) is 0.611. The fourth-order valence-corrected chi connectivity index (χ4v) is 2.98. The van der Waals surface area contributed by atoms with Gasteiger partial charge in [0.15, 0.2) is 0 Å². The Hall–Kier alpha value is -1.55. The molecule has 0 saturated carbocycles. The molecule has 22 heavy (non-hydrogen) atoms. The van der Waals surface area contributed by atoms with E-state index in [9.17, 15) is 4.79 Å². The smallest absolute Gasteiger partial charge is 0.220 e. The maximum atomic E-state index is 12.1. The number of benzene rings is 1. The molecule has 1 aliphatic heterocycles. The first-order valence-corrected chi connectivity index (χ1v) is 8.34. The molecule has 2 atom stereocenters. The van der Waals surface area contributed by atoms with Gasteiger partial charge >= 0.3 is 0 Å². The van der Waals surface area contributed by atoms with Gasteiger partial charge in [-0.05, 0) is 56.8 Å². The molecule has 4 nitrogen and oxygen atoms in total. The minimum Gasteiger partial charge on any atom is -0.489 e. The van der Waals surface area contributed by atoms with Crippen LogP contribution >= 0.6 is 0 Å². The molecule has 1 fully saturated rings. The standard InChI is InChI=1S/C18H28N2O2/c1-14(16-8-10-19-11-9-16)12-18(21)20-13-15(2)22-17-6-4-3-5-7-17/h3-7,14-16,19H,8-13H2,1-2H3,(H,20,21). The van der Waals surface area contributed by atoms with Crippen LogP contribution in [0.1, 0.15) is 33.1 Å². The van der Waals surface area contributed by atoms with Gasteiger partial charge in [0.1, 0.15) is 11.9 Å². The summed E-state index contributed by atoms with van der Waals surface area (Å²) < 4.78 is 5.76. The number of hydrogen-bond donors (Lipinski definition) is 2. The lowest BCUT2D eigenvalue weighted by Crippen LogP contribution is -2.36. The predicted molar refractivity (Wildman–Crippen MR) is 88.9 cm³/mol. The Morgan fingerprint density at radius 1 is 1.27 bits per heavy atom. The van der Waals surface area contributed by atoms with Crippen molar-refractivity contribution in [2.45, 2.75) is 39.2 Å². The second kappa shape index (κ2) is 8.79. The molecule has 0 spiro atoms. The average molecular weight is 304 g/mol. The summed E-state index contributed by atoms with van der Waals surface area (Å²) in [4.78, 5) is 12.1. The summed E-state index contributed by atoms with van der Waals surface area (Å²) in [7, 11) is 0. The monoisotopic (exact) mass is 304 g/mol. The highest BCUT2D eigenvalue weighted by Crippen LogP contribution is 2.24. The van der Waals surface area contributed by atoms with Crippen LogP contribution in [0.25, 0.3) is 0 Å². The molecule has 0 aromatic heterocycles. The predicted octanol–water partition coefficient (Wildman–Crippen LogP) is 2.60. The third-order valence-corrected chi connectivity index (χ3v) is 4.36. The molecule has 0 radical (unpaired) electrons. The Morgan fingerprint density at radius 3 is 2.64 bits per heavy atom. The molecule has 1 aliphatic rings. The van der Waals surface area contributed by atoms with Crippen molar-refractivity contribution in [3.63, 3.8) is 0 Å². The summed E-state index contributed by atoms with van der Waals surface area (Å²) in [5.41, 5.74) is 0. The van der Waals surface area contributed by atoms with Crippen molar-refractivity contribution in [3.05, 3.63) is 30.3 Å². The lowest BCUT2D eigenvalue weighted by molar-refractivity contribution is -0.122. The van der Waals surface area contributed by atoms with E-state index in [-0.39, 0.29) is 12.0 Å². The van der Waals surface area contributed by atoms with Crippen LogP contribution in [0.4, 0.5) is 0 Å². The van der Waals surface area contributed by atoms with E-state index in [1.807, 2.05) is 37.3 Å². The fourth-order valence-electron chi connectivity index (χ4n) is 2.98. The zero-order chi connectivity index (χ0) is 15.8. The number of carbonyl (C=O) groups excluding carboxylic acids is 1. The Labute approximate surface area is 133 Å². The average Bonchev–Trinajstić information content (AvgIpc) is 2.55. The van der Waals surface area contributed by atoms with Crippen LogP contribution in [0, 0.1) is 11.8 Å². The molecule has 2 N–H and O–H groups in total. The van der Waals surface area contributed by atoms with E-state index in [0.29, 0.717) is 24.8 Å². The van der Waals surface area contributed by atoms with Crippen molar-refractivity contribution >= 4 is 5.91 Å². The van der Waals surface area contributed by atoms with E-state index < -0.39 is 0 Å². The van der Waals surface area contributed by atoms with Crippen molar-refractivity contribution in [2.75, 3.05) is 19.6 Å². The van der Waals surface area contributed by atoms with E-state index >= 15 is 0 Å². The molecule has 4 heteroatoms. The van der Waals surface area contributed by atoms with Crippen LogP contribution in [0.3, 0.4) is 0 Å². The second-order valence-electron chi connectivity index (χ2n) is 6.31. The van der Waals surface area contributed by atoms with Crippen LogP contribution < -0.4 is 15.4 Å². The molecular weight excluding hydrogens is 276 g/mol. The molecule has 2 rings (SSSR count). The third kappa shape index (κ3) is 5.68. The van der Waals surface area contributed by atoms with Crippen molar-refractivity contribution in [2.24, 2.45) is 11.8 Å². The van der Waals surface area contributed by atoms with Crippen LogP contribution in [0.5, 0.6) is 5.75 Å². The van der Waals surface area contributed by atoms with Gasteiger partial charge in [-0.25, -0.2) is 0 Å². The highest BCUT2D eigenvalue weighted by molar-refractivity contribution is 5.76. The summed E-state index contributed by atoms with van der Waals surface area (Å²) >= 11 is 0. The van der Waals surface area contributed by atoms with Crippen molar-refractivity contribution in [1.82, 2.24) is 10.6 Å². The number of nitrogens with one attached hydrogen (secondary N) is 2. The first-order valence-electron chi connectivity index (χ1n) is 8.34. The first-order chi connectivity index (χ1) is 10.6. The van der Waals surface area contributed by atoms with E-state index in [2.05, 4.69) is 17.6 Å². The lowest BCUT2D eigenvalue weighted by atomic mass is 9.84. The van der Waals surface area contributed by atoms with Gasteiger partial charge in [-0.1, -0.05) is 25.1 Å². The van der Waals surface area contributed by atoms with Gasteiger partial charge in [-0.15, -0.1) is 0 Å². The van der Waals surface area contributed by atoms with Crippen LogP contribution in [0.15, 0.2) is 30.3 Å². The zero-order valence-corrected chi connectivity index (χ0v) is 13.7. The van der Waals surface area contributed by atoms with Gasteiger partial charge in [-0.2, -0.15) is 0 Å². The zero-order valence-electron chi connectivity index (χ0n) is 13.7. The number of rotatable bonds is 7. The Morgan fingerprint density at radius 2 is 1.95 bits per heavy atom. The number of ether oxygens (including phenoxy) is 1. The minimum absolute atomic E-state index is 0.0273. The largest absolute Gasteiger partial charge is 0.489 e. The van der Waals surface area contributed by atoms with Gasteiger partial charge in [0.25, 0.3) is 0 Å². The summed E-state index contributed by atoms with van der Waals surface area (Å²) in [5, 5.41) is 6.36. The van der Waals surface area contributed by atoms with Crippen LogP contribution in [-0.2, 0) is 4.79 Å². The number of carbonyl (C=O) groups is 1. The number of hydrogen-bond acceptors (Lipinski definition) is 3. The highest BCUT2D eigenvalue weighted by Gasteiger charge is 2.22. The van der Waals surface area contributed by atoms with E-state index in [1.54, 1.807) is 0 Å². The quantitative estimate of drug-likeness (QED) is 0.814. The van der Waals surface area contributed by atoms with Gasteiger partial charge in [0, 0.05) is 6.42 Å². The third-order valence-electron chi connectivity index (χ3n) is 4.36. The molecule has 122 valence electrons. The van der Waals surface area contributed by atoms with Crippen molar-refractivity contribution in [3.8, 4) is 5.75 Å². The SMILES string of the molecule is CC(CNC(=O)CC(C)C1CCNCC1)Oc1ccccc1. The van der Waals surface area contributed by atoms with Crippen LogP contribution in [-0.4, -0.2) is 31.6 Å². The van der Waals surface area contributed by atoms with Crippen molar-refractivity contribution < 1.29 is 9.53 Å². The highest BCUT2D eigenvalue weighted by atomic mass is 16.5. The molecule has 1 aromatic carbocycles. The van der Waals surface area contributed by atoms with Gasteiger partial charge in [-0.3, -0.25) is 4.79 Å². The van der Waals surface area contributed by atoms with Gasteiger partial charge < -0.3 is 15.4 Å². The normalized spacial score (nSPS) is 18.5. The summed E-state index contributed by atoms with van der Waals surface area (Å²) in [6, 6.07) is 9.71. The maximum absolute atomic E-state index is 12.1. The van der Waals surface area contributed by atoms with Crippen molar-refractivity contribution in [1.29, 1.82) is 0 Å². The van der Waals surface area contributed by atoms with E-state index in [4.69, 9.17) is 4.74 Å². The summed E-state index contributed by atoms with van der Waals surface area (Å²) in [6.07, 6.45) is 2.95. The number of amides is 1. The minimum atomic E-state index is -0.0273. The molecular formula is C18H28N2O2. The molecule has 0 bridgehead atoms. The topological polar surface area (TPSA) is 50.4 Å². The number of piperidine rings is 1. The molecule has 1 aromatic rings. The Balaban J connectivity index is 1.66. The lowest BCUT2D eigenvalue weighted by Gasteiger charge is -2.28. The van der Waals surface area contributed by atoms with E-state index in [0.717, 1.165) is 18.8 Å². The second-order valence-corrected chi connectivity index (χ2v) is 6.31. The summed E-state index contributed by atoms with van der Waals surface area (Å²) in [5.74, 6) is 2.10. The molecule has 1 saturated heterocycles. The Kier molecular flexibility index (Phi) is 6.72. The molecule has 1 amide bonds. The van der Waals surface area contributed by atoms with Gasteiger partial charge in [0.2, 0.25) is 5.91 Å². The molecule has 1 heterocycles. The summed E-state index contributed by atoms with van der Waals surface area (Å²) in [6.45, 7) is 6.88. The maximum Gasteiger partial charge on any atom is 0.220 e. The first kappa shape index (κ1) is 16.8. The molecule has 0 aliphatic carbocycles. The Bertz CT molecular complexity index is 444. The van der Waals surface area contributed by atoms with E-state index in [1.165, 1.54) is 12.8 Å². The molecule has 2 unspecified atom stereocenters.